The Kier molecular flexibility index (Phi) is 7.41. The molecule has 21 heavy (non-hydrogen) atoms. The van der Waals surface area contributed by atoms with E-state index in [1.165, 1.54) is 0 Å². The summed E-state index contributed by atoms with van der Waals surface area (Å²) in [7, 11) is 5.02. The van der Waals surface area contributed by atoms with Gasteiger partial charge in [0.1, 0.15) is 5.75 Å². The maximum absolute atomic E-state index is 5.56. The van der Waals surface area contributed by atoms with Gasteiger partial charge in [-0.2, -0.15) is 0 Å². The first kappa shape index (κ1) is 19.9. The lowest BCUT2D eigenvalue weighted by Gasteiger charge is -2.31. The van der Waals surface area contributed by atoms with E-state index < -0.39 is 5.79 Å². The van der Waals surface area contributed by atoms with Crippen LogP contribution in [0, 0.1) is 6.92 Å². The molecule has 3 heteroatoms. The van der Waals surface area contributed by atoms with Crippen LogP contribution in [0.4, 0.5) is 0 Å². The van der Waals surface area contributed by atoms with Crippen molar-refractivity contribution in [2.24, 2.45) is 0 Å². The van der Waals surface area contributed by atoms with Gasteiger partial charge in [-0.3, -0.25) is 0 Å². The Labute approximate surface area is 130 Å². The molecule has 122 valence electrons. The molecule has 0 fully saturated rings. The number of hydrogen-bond donors (Lipinski definition) is 0. The van der Waals surface area contributed by atoms with Crippen LogP contribution in [0.3, 0.4) is 0 Å². The van der Waals surface area contributed by atoms with Crippen LogP contribution in [0.25, 0.3) is 0 Å². The van der Waals surface area contributed by atoms with Crippen LogP contribution in [-0.4, -0.2) is 21.3 Å². The van der Waals surface area contributed by atoms with Crippen molar-refractivity contribution in [1.29, 1.82) is 0 Å². The van der Waals surface area contributed by atoms with Gasteiger partial charge in [0.2, 0.25) is 0 Å². The average molecular weight is 296 g/mol. The summed E-state index contributed by atoms with van der Waals surface area (Å²) < 4.78 is 16.6. The highest BCUT2D eigenvalue weighted by Crippen LogP contribution is 2.38. The van der Waals surface area contributed by atoms with Crippen molar-refractivity contribution in [2.45, 2.75) is 59.7 Å². The summed E-state index contributed by atoms with van der Waals surface area (Å²) in [6.45, 7) is 14.5. The Morgan fingerprint density at radius 3 is 1.67 bits per heavy atom. The van der Waals surface area contributed by atoms with E-state index in [1.807, 2.05) is 27.7 Å². The molecule has 1 rings (SSSR count). The standard InChI is InChI=1S/C16H26O3.C2H6/c1-11-9-12(16(5,18-7)19-8)10-13(14(11)17-6)15(2,3)4;1-2/h9-10H,1-8H3;1-2H3. The number of benzene rings is 1. The quantitative estimate of drug-likeness (QED) is 0.747. The van der Waals surface area contributed by atoms with Crippen molar-refractivity contribution in [3.63, 3.8) is 0 Å². The summed E-state index contributed by atoms with van der Waals surface area (Å²) in [4.78, 5) is 0. The fraction of sp³-hybridized carbons (Fsp3) is 0.667. The summed E-state index contributed by atoms with van der Waals surface area (Å²) >= 11 is 0. The number of aryl methyl sites for hydroxylation is 1. The normalized spacial score (nSPS) is 11.7. The molecule has 0 heterocycles. The van der Waals surface area contributed by atoms with E-state index in [1.54, 1.807) is 21.3 Å². The average Bonchev–Trinajstić information content (AvgIpc) is 2.46. The lowest BCUT2D eigenvalue weighted by atomic mass is 9.83. The van der Waals surface area contributed by atoms with Crippen molar-refractivity contribution in [3.8, 4) is 5.75 Å². The first-order valence-corrected chi connectivity index (χ1v) is 7.49. The van der Waals surface area contributed by atoms with Crippen molar-refractivity contribution in [1.82, 2.24) is 0 Å². The third-order valence-electron chi connectivity index (χ3n) is 3.59. The minimum Gasteiger partial charge on any atom is -0.496 e. The number of methoxy groups -OCH3 is 3. The van der Waals surface area contributed by atoms with Crippen molar-refractivity contribution in [2.75, 3.05) is 21.3 Å². The zero-order valence-corrected chi connectivity index (χ0v) is 15.4. The smallest absolute Gasteiger partial charge is 0.191 e. The Morgan fingerprint density at radius 1 is 0.857 bits per heavy atom. The van der Waals surface area contributed by atoms with E-state index in [-0.39, 0.29) is 5.41 Å². The van der Waals surface area contributed by atoms with E-state index in [2.05, 4.69) is 32.9 Å². The van der Waals surface area contributed by atoms with Crippen molar-refractivity contribution < 1.29 is 14.2 Å². The van der Waals surface area contributed by atoms with Gasteiger partial charge in [0, 0.05) is 25.3 Å². The fourth-order valence-corrected chi connectivity index (χ4v) is 2.18. The summed E-state index contributed by atoms with van der Waals surface area (Å²) in [5.74, 6) is 0.197. The van der Waals surface area contributed by atoms with E-state index in [9.17, 15) is 0 Å². The van der Waals surface area contributed by atoms with Gasteiger partial charge in [-0.1, -0.05) is 34.6 Å². The van der Waals surface area contributed by atoms with E-state index in [0.717, 1.165) is 22.4 Å². The third-order valence-corrected chi connectivity index (χ3v) is 3.59. The second kappa shape index (κ2) is 7.81. The SMILES string of the molecule is CC.COc1c(C)cc(C(C)(OC)OC)cc1C(C)(C)C. The molecular weight excluding hydrogens is 264 g/mol. The lowest BCUT2D eigenvalue weighted by molar-refractivity contribution is -0.201. The minimum atomic E-state index is -0.739. The molecule has 0 saturated carbocycles. The molecule has 0 aliphatic rings. The lowest BCUT2D eigenvalue weighted by Crippen LogP contribution is -2.28. The molecule has 0 aliphatic heterocycles. The highest BCUT2D eigenvalue weighted by molar-refractivity contribution is 5.48. The Hall–Kier alpha value is -1.06. The monoisotopic (exact) mass is 296 g/mol. The van der Waals surface area contributed by atoms with E-state index in [4.69, 9.17) is 14.2 Å². The van der Waals surface area contributed by atoms with Gasteiger partial charge in [-0.05, 0) is 37.0 Å². The molecule has 1 aromatic rings. The van der Waals surface area contributed by atoms with Crippen LogP contribution < -0.4 is 4.74 Å². The molecule has 0 amide bonds. The topological polar surface area (TPSA) is 27.7 Å². The van der Waals surface area contributed by atoms with E-state index >= 15 is 0 Å². The fourth-order valence-electron chi connectivity index (χ4n) is 2.18. The number of rotatable bonds is 4. The van der Waals surface area contributed by atoms with Crippen molar-refractivity contribution >= 4 is 0 Å². The number of hydrogen-bond acceptors (Lipinski definition) is 3. The van der Waals surface area contributed by atoms with Crippen LogP contribution in [0.15, 0.2) is 12.1 Å². The zero-order chi connectivity index (χ0) is 16.8. The third kappa shape index (κ3) is 4.45. The van der Waals surface area contributed by atoms with Gasteiger partial charge < -0.3 is 14.2 Å². The maximum atomic E-state index is 5.56. The molecule has 3 nitrogen and oxygen atoms in total. The zero-order valence-electron chi connectivity index (χ0n) is 15.4. The largest absolute Gasteiger partial charge is 0.496 e. The van der Waals surface area contributed by atoms with Crippen molar-refractivity contribution in [3.05, 3.63) is 28.8 Å². The predicted molar refractivity (Wildman–Crippen MR) is 89.1 cm³/mol. The van der Waals surface area contributed by atoms with Gasteiger partial charge in [-0.25, -0.2) is 0 Å². The molecule has 0 aromatic heterocycles. The van der Waals surface area contributed by atoms with E-state index in [0.29, 0.717) is 0 Å². The van der Waals surface area contributed by atoms with Crippen LogP contribution in [0.1, 0.15) is 58.2 Å². The van der Waals surface area contributed by atoms with Crippen LogP contribution >= 0.6 is 0 Å². The molecule has 0 aliphatic carbocycles. The molecule has 1 aromatic carbocycles. The Bertz CT molecular complexity index is 441. The first-order chi connectivity index (χ1) is 9.69. The molecule has 0 radical (unpaired) electrons. The Balaban J connectivity index is 0.00000191. The summed E-state index contributed by atoms with van der Waals surface area (Å²) in [5, 5.41) is 0. The minimum absolute atomic E-state index is 0.00545. The second-order valence-electron chi connectivity index (χ2n) is 5.98. The molecule has 0 N–H and O–H groups in total. The summed E-state index contributed by atoms with van der Waals surface area (Å²) in [6, 6.07) is 4.17. The molecule has 0 bridgehead atoms. The summed E-state index contributed by atoms with van der Waals surface area (Å²) in [6.07, 6.45) is 0. The van der Waals surface area contributed by atoms with Gasteiger partial charge >= 0.3 is 0 Å². The van der Waals surface area contributed by atoms with Crippen LogP contribution in [-0.2, 0) is 20.7 Å². The summed E-state index contributed by atoms with van der Waals surface area (Å²) in [5.41, 5.74) is 3.24. The van der Waals surface area contributed by atoms with Gasteiger partial charge in [0.15, 0.2) is 5.79 Å². The van der Waals surface area contributed by atoms with Crippen LogP contribution in [0.5, 0.6) is 5.75 Å². The Morgan fingerprint density at radius 2 is 1.33 bits per heavy atom. The van der Waals surface area contributed by atoms with Gasteiger partial charge in [0.05, 0.1) is 7.11 Å². The second-order valence-corrected chi connectivity index (χ2v) is 5.98. The van der Waals surface area contributed by atoms with Gasteiger partial charge in [-0.15, -0.1) is 0 Å². The van der Waals surface area contributed by atoms with Gasteiger partial charge in [0.25, 0.3) is 0 Å². The molecule has 0 unspecified atom stereocenters. The highest BCUT2D eigenvalue weighted by atomic mass is 16.7. The van der Waals surface area contributed by atoms with Crippen LogP contribution in [0.2, 0.25) is 0 Å². The molecule has 0 atom stereocenters. The first-order valence-electron chi connectivity index (χ1n) is 7.49. The maximum Gasteiger partial charge on any atom is 0.191 e. The molecule has 0 saturated heterocycles. The predicted octanol–water partition coefficient (Wildman–Crippen LogP) is 4.79. The highest BCUT2D eigenvalue weighted by Gasteiger charge is 2.30. The molecule has 0 spiro atoms. The molecular formula is C18H32O3. The number of ether oxygens (including phenoxy) is 3.